The number of thioether (sulfide) groups is 1. The van der Waals surface area contributed by atoms with Crippen LogP contribution >= 0.6 is 11.8 Å². The van der Waals surface area contributed by atoms with Gasteiger partial charge in [-0.05, 0) is 54.6 Å². The van der Waals surface area contributed by atoms with Crippen molar-refractivity contribution in [2.45, 2.75) is 23.3 Å². The number of amides is 1. The van der Waals surface area contributed by atoms with Crippen molar-refractivity contribution >= 4 is 33.4 Å². The molecule has 6 nitrogen and oxygen atoms in total. The number of nitrogens with zero attached hydrogens (tertiary/aromatic N) is 1. The maximum atomic E-state index is 13.6. The summed E-state index contributed by atoms with van der Waals surface area (Å²) in [6, 6.07) is 21.6. The van der Waals surface area contributed by atoms with E-state index >= 15 is 0 Å². The van der Waals surface area contributed by atoms with Crippen molar-refractivity contribution in [3.63, 3.8) is 0 Å². The molecule has 0 unspecified atom stereocenters. The summed E-state index contributed by atoms with van der Waals surface area (Å²) in [6.45, 7) is 1.53. The molecule has 3 aromatic rings. The Morgan fingerprint density at radius 3 is 2.47 bits per heavy atom. The molecular weight excluding hydrogens is 444 g/mol. The molecule has 1 amide bonds. The van der Waals surface area contributed by atoms with Gasteiger partial charge in [0.2, 0.25) is 15.9 Å². The van der Waals surface area contributed by atoms with Crippen LogP contribution in [0.15, 0.2) is 82.6 Å². The second kappa shape index (κ2) is 10.7. The van der Waals surface area contributed by atoms with Gasteiger partial charge in [0.05, 0.1) is 13.7 Å². The van der Waals surface area contributed by atoms with Crippen LogP contribution in [0.3, 0.4) is 0 Å². The number of sulfonamides is 1. The van der Waals surface area contributed by atoms with Crippen molar-refractivity contribution in [1.82, 2.24) is 4.31 Å². The number of carbonyl (C=O) groups excluding carboxylic acids is 1. The van der Waals surface area contributed by atoms with Crippen LogP contribution in [0.4, 0.5) is 5.69 Å². The molecule has 0 saturated heterocycles. The highest BCUT2D eigenvalue weighted by Gasteiger charge is 2.30. The van der Waals surface area contributed by atoms with Crippen LogP contribution < -0.4 is 10.1 Å². The molecule has 0 bridgehead atoms. The molecule has 1 N–H and O–H groups in total. The monoisotopic (exact) mass is 470 g/mol. The van der Waals surface area contributed by atoms with Gasteiger partial charge in [-0.3, -0.25) is 4.79 Å². The van der Waals surface area contributed by atoms with Crippen molar-refractivity contribution in [2.75, 3.05) is 25.2 Å². The first-order valence-corrected chi connectivity index (χ1v) is 12.6. The summed E-state index contributed by atoms with van der Waals surface area (Å²) >= 11 is 1.56. The molecule has 3 rings (SSSR count). The highest BCUT2D eigenvalue weighted by Crippen LogP contribution is 2.29. The molecule has 0 aliphatic carbocycles. The second-order valence-electron chi connectivity index (χ2n) is 7.19. The van der Waals surface area contributed by atoms with Crippen molar-refractivity contribution in [3.05, 3.63) is 83.9 Å². The van der Waals surface area contributed by atoms with E-state index in [1.807, 2.05) is 61.7 Å². The van der Waals surface area contributed by atoms with Crippen molar-refractivity contribution in [2.24, 2.45) is 0 Å². The van der Waals surface area contributed by atoms with Crippen LogP contribution in [0.5, 0.6) is 5.75 Å². The largest absolute Gasteiger partial charge is 0.495 e. The van der Waals surface area contributed by atoms with Gasteiger partial charge in [-0.15, -0.1) is 11.8 Å². The van der Waals surface area contributed by atoms with E-state index < -0.39 is 15.9 Å². The van der Waals surface area contributed by atoms with Gasteiger partial charge in [0.25, 0.3) is 0 Å². The molecule has 0 atom stereocenters. The Morgan fingerprint density at radius 1 is 1.03 bits per heavy atom. The number of benzene rings is 3. The first kappa shape index (κ1) is 23.8. The molecule has 0 spiro atoms. The maximum absolute atomic E-state index is 13.6. The molecule has 0 aliphatic heterocycles. The Bertz CT molecular complexity index is 1180. The van der Waals surface area contributed by atoms with Gasteiger partial charge in [-0.2, -0.15) is 4.31 Å². The molecule has 0 radical (unpaired) electrons. The van der Waals surface area contributed by atoms with Gasteiger partial charge in [0, 0.05) is 17.1 Å². The lowest BCUT2D eigenvalue weighted by atomic mass is 10.2. The quantitative estimate of drug-likeness (QED) is 0.464. The lowest BCUT2D eigenvalue weighted by molar-refractivity contribution is -0.116. The van der Waals surface area contributed by atoms with Crippen molar-refractivity contribution < 1.29 is 17.9 Å². The second-order valence-corrected chi connectivity index (χ2v) is 9.98. The maximum Gasteiger partial charge on any atom is 0.247 e. The first-order chi connectivity index (χ1) is 15.3. The van der Waals surface area contributed by atoms with Gasteiger partial charge >= 0.3 is 0 Å². The van der Waals surface area contributed by atoms with Gasteiger partial charge in [-0.25, -0.2) is 8.42 Å². The molecule has 168 valence electrons. The Hall–Kier alpha value is -2.81. The number of hydrogen-bond acceptors (Lipinski definition) is 5. The number of rotatable bonds is 9. The van der Waals surface area contributed by atoms with Crippen LogP contribution in [0.1, 0.15) is 11.1 Å². The summed E-state index contributed by atoms with van der Waals surface area (Å²) < 4.78 is 33.7. The lowest BCUT2D eigenvalue weighted by Crippen LogP contribution is -2.37. The summed E-state index contributed by atoms with van der Waals surface area (Å²) in [7, 11) is -2.59. The highest BCUT2D eigenvalue weighted by molar-refractivity contribution is 7.98. The van der Waals surface area contributed by atoms with Gasteiger partial charge in [-0.1, -0.05) is 42.5 Å². The van der Waals surface area contributed by atoms with Crippen molar-refractivity contribution in [3.8, 4) is 5.75 Å². The van der Waals surface area contributed by atoms with Crippen molar-refractivity contribution in [1.29, 1.82) is 0 Å². The smallest absolute Gasteiger partial charge is 0.247 e. The number of anilines is 1. The standard InChI is InChI=1S/C24H26N2O4S2/c1-18-12-13-22(30-2)23(14-18)32(28,29)26(16-19-8-5-4-6-9-19)17-24(27)25-20-10-7-11-21(15-20)31-3/h4-15H,16-17H2,1-3H3,(H,25,27). The van der Waals surface area contributed by atoms with Crippen LogP contribution in [0, 0.1) is 6.92 Å². The number of hydrogen-bond donors (Lipinski definition) is 1. The minimum Gasteiger partial charge on any atom is -0.495 e. The van der Waals surface area contributed by atoms with Gasteiger partial charge < -0.3 is 10.1 Å². The summed E-state index contributed by atoms with van der Waals surface area (Å²) in [4.78, 5) is 13.9. The molecule has 32 heavy (non-hydrogen) atoms. The predicted molar refractivity (Wildman–Crippen MR) is 129 cm³/mol. The third-order valence-electron chi connectivity index (χ3n) is 4.81. The fraction of sp³-hybridized carbons (Fsp3) is 0.208. The SMILES string of the molecule is COc1ccc(C)cc1S(=O)(=O)N(CC(=O)Nc1cccc(SC)c1)Cc1ccccc1. The lowest BCUT2D eigenvalue weighted by Gasteiger charge is -2.23. The minimum absolute atomic E-state index is 0.0353. The normalized spacial score (nSPS) is 11.4. The fourth-order valence-electron chi connectivity index (χ4n) is 3.20. The minimum atomic E-state index is -4.02. The molecule has 0 aliphatic rings. The molecule has 3 aromatic carbocycles. The zero-order valence-electron chi connectivity index (χ0n) is 18.2. The van der Waals surface area contributed by atoms with E-state index in [1.54, 1.807) is 36.0 Å². The molecule has 0 fully saturated rings. The zero-order valence-corrected chi connectivity index (χ0v) is 19.9. The molecule has 0 saturated carbocycles. The third-order valence-corrected chi connectivity index (χ3v) is 7.35. The van der Waals surface area contributed by atoms with Gasteiger partial charge in [0.15, 0.2) is 0 Å². The van der Waals surface area contributed by atoms with E-state index in [2.05, 4.69) is 5.32 Å². The first-order valence-electron chi connectivity index (χ1n) is 9.96. The summed E-state index contributed by atoms with van der Waals surface area (Å²) in [5.74, 6) is -0.184. The predicted octanol–water partition coefficient (Wildman–Crippen LogP) is 4.56. The van der Waals surface area contributed by atoms with Crippen LogP contribution in [0.2, 0.25) is 0 Å². The summed E-state index contributed by atoms with van der Waals surface area (Å²) in [6.07, 6.45) is 1.95. The zero-order chi connectivity index (χ0) is 23.1. The summed E-state index contributed by atoms with van der Waals surface area (Å²) in [5.41, 5.74) is 2.18. The molecule has 0 aromatic heterocycles. The topological polar surface area (TPSA) is 75.7 Å². The number of aryl methyl sites for hydroxylation is 1. The van der Waals surface area contributed by atoms with E-state index in [0.717, 1.165) is 16.0 Å². The molecule has 8 heteroatoms. The molecule has 0 heterocycles. The fourth-order valence-corrected chi connectivity index (χ4v) is 5.28. The Morgan fingerprint density at radius 2 is 1.78 bits per heavy atom. The average Bonchev–Trinajstić information content (AvgIpc) is 2.79. The van der Waals surface area contributed by atoms with E-state index in [4.69, 9.17) is 4.74 Å². The van der Waals surface area contributed by atoms with E-state index in [0.29, 0.717) is 5.69 Å². The number of ether oxygens (including phenoxy) is 1. The number of methoxy groups -OCH3 is 1. The molecular formula is C24H26N2O4S2. The number of nitrogens with one attached hydrogen (secondary N) is 1. The van der Waals surface area contributed by atoms with E-state index in [9.17, 15) is 13.2 Å². The van der Waals surface area contributed by atoms with E-state index in [1.165, 1.54) is 11.4 Å². The average molecular weight is 471 g/mol. The van der Waals surface area contributed by atoms with Crippen LogP contribution in [0.25, 0.3) is 0 Å². The van der Waals surface area contributed by atoms with Crippen LogP contribution in [-0.4, -0.2) is 38.5 Å². The summed E-state index contributed by atoms with van der Waals surface area (Å²) in [5, 5.41) is 2.81. The highest BCUT2D eigenvalue weighted by atomic mass is 32.2. The Balaban J connectivity index is 1.93. The van der Waals surface area contributed by atoms with Gasteiger partial charge in [0.1, 0.15) is 10.6 Å². The van der Waals surface area contributed by atoms with Crippen LogP contribution in [-0.2, 0) is 21.4 Å². The third kappa shape index (κ3) is 5.91. The van der Waals surface area contributed by atoms with E-state index in [-0.39, 0.29) is 23.7 Å². The Kier molecular flexibility index (Phi) is 7.95. The number of carbonyl (C=O) groups is 1. The Labute approximate surface area is 193 Å².